The van der Waals surface area contributed by atoms with Gasteiger partial charge in [0.05, 0.1) is 12.3 Å². The Balaban J connectivity index is 1.13. The number of alkyl halides is 3. The minimum atomic E-state index is -4.47. The van der Waals surface area contributed by atoms with Crippen LogP contribution in [0.5, 0.6) is 5.19 Å². The van der Waals surface area contributed by atoms with Crippen LogP contribution in [0.3, 0.4) is 0 Å². The van der Waals surface area contributed by atoms with E-state index in [0.717, 1.165) is 56.4 Å². The summed E-state index contributed by atoms with van der Waals surface area (Å²) in [6, 6.07) is 5.86. The van der Waals surface area contributed by atoms with E-state index in [4.69, 9.17) is 4.74 Å². The molecule has 0 radical (unpaired) electrons. The van der Waals surface area contributed by atoms with E-state index in [0.29, 0.717) is 39.3 Å². The lowest BCUT2D eigenvalue weighted by molar-refractivity contribution is -0.141. The highest BCUT2D eigenvalue weighted by atomic mass is 32.1. The molecule has 4 aromatic rings. The molecule has 0 unspecified atom stereocenters. The van der Waals surface area contributed by atoms with Gasteiger partial charge in [0, 0.05) is 37.2 Å². The third-order valence-corrected chi connectivity index (χ3v) is 7.21. The van der Waals surface area contributed by atoms with Crippen LogP contribution in [0.15, 0.2) is 42.9 Å². The highest BCUT2D eigenvalue weighted by molar-refractivity contribution is 7.19. The van der Waals surface area contributed by atoms with E-state index in [2.05, 4.69) is 36.7 Å². The first-order chi connectivity index (χ1) is 17.4. The van der Waals surface area contributed by atoms with Crippen LogP contribution >= 0.6 is 11.3 Å². The third-order valence-electron chi connectivity index (χ3n) is 6.33. The molecule has 1 saturated heterocycles. The fourth-order valence-corrected chi connectivity index (χ4v) is 4.98. The van der Waals surface area contributed by atoms with Gasteiger partial charge in [-0.05, 0) is 61.4 Å². The van der Waals surface area contributed by atoms with E-state index in [-0.39, 0.29) is 0 Å². The van der Waals surface area contributed by atoms with Crippen LogP contribution in [0.1, 0.15) is 37.4 Å². The summed E-state index contributed by atoms with van der Waals surface area (Å²) in [5.41, 5.74) is 1.97. The molecule has 0 aromatic carbocycles. The number of thiazole rings is 1. The first-order valence-electron chi connectivity index (χ1n) is 11.9. The van der Waals surface area contributed by atoms with Crippen molar-refractivity contribution >= 4 is 27.6 Å². The van der Waals surface area contributed by atoms with Gasteiger partial charge in [0.25, 0.3) is 5.19 Å². The second-order valence-corrected chi connectivity index (χ2v) is 9.68. The van der Waals surface area contributed by atoms with E-state index in [9.17, 15) is 13.2 Å². The molecule has 5 rings (SSSR count). The van der Waals surface area contributed by atoms with E-state index < -0.39 is 11.9 Å². The number of rotatable bonds is 7. The minimum Gasteiger partial charge on any atom is -0.470 e. The quantitative estimate of drug-likeness (QED) is 0.308. The minimum absolute atomic E-state index is 0.513. The molecule has 1 aliphatic rings. The van der Waals surface area contributed by atoms with Crippen LogP contribution in [0.4, 0.5) is 19.1 Å². The van der Waals surface area contributed by atoms with Crippen molar-refractivity contribution in [2.45, 2.75) is 38.8 Å². The molecule has 36 heavy (non-hydrogen) atoms. The molecule has 0 aliphatic carbocycles. The zero-order valence-electron chi connectivity index (χ0n) is 19.7. The lowest BCUT2D eigenvalue weighted by Crippen LogP contribution is -2.35. The smallest absolute Gasteiger partial charge is 0.433 e. The Labute approximate surface area is 210 Å². The number of fused-ring (bicyclic) bond motifs is 1. The molecule has 0 atom stereocenters. The summed E-state index contributed by atoms with van der Waals surface area (Å²) >= 11 is 1.33. The van der Waals surface area contributed by atoms with Gasteiger partial charge < -0.3 is 9.64 Å². The number of nitrogens with zero attached hydrogens (tertiary/aromatic N) is 6. The summed E-state index contributed by atoms with van der Waals surface area (Å²) in [6.45, 7) is 4.53. The SMILES string of the molecule is CCc1cnc(N2CCC(CCOc3nc4ccc(-c5ccc(C(F)(F)F)nc5)nc4s3)CC2)nc1. The number of ether oxygens (including phenoxy) is 1. The number of anilines is 1. The highest BCUT2D eigenvalue weighted by Crippen LogP contribution is 2.31. The van der Waals surface area contributed by atoms with E-state index in [1.807, 2.05) is 12.4 Å². The van der Waals surface area contributed by atoms with Crippen LogP contribution in [0, 0.1) is 5.92 Å². The summed E-state index contributed by atoms with van der Waals surface area (Å²) in [5, 5.41) is 0.544. The van der Waals surface area contributed by atoms with Gasteiger partial charge >= 0.3 is 6.18 Å². The predicted molar refractivity (Wildman–Crippen MR) is 132 cm³/mol. The number of aryl methyl sites for hydroxylation is 1. The Kier molecular flexibility index (Phi) is 6.99. The molecule has 7 nitrogen and oxygen atoms in total. The zero-order chi connectivity index (χ0) is 25.1. The van der Waals surface area contributed by atoms with Gasteiger partial charge in [-0.1, -0.05) is 18.3 Å². The molecule has 11 heteroatoms. The largest absolute Gasteiger partial charge is 0.470 e. The molecule has 1 fully saturated rings. The summed E-state index contributed by atoms with van der Waals surface area (Å²) in [5.74, 6) is 1.37. The third kappa shape index (κ3) is 5.56. The molecule has 0 saturated carbocycles. The van der Waals surface area contributed by atoms with Gasteiger partial charge in [-0.25, -0.2) is 19.9 Å². The molecule has 0 N–H and O–H groups in total. The Morgan fingerprint density at radius 2 is 1.78 bits per heavy atom. The van der Waals surface area contributed by atoms with E-state index >= 15 is 0 Å². The van der Waals surface area contributed by atoms with E-state index in [1.54, 1.807) is 12.1 Å². The average molecular weight is 515 g/mol. The average Bonchev–Trinajstić information content (AvgIpc) is 3.31. The summed E-state index contributed by atoms with van der Waals surface area (Å²) in [7, 11) is 0. The Hall–Kier alpha value is -3.34. The first-order valence-corrected chi connectivity index (χ1v) is 12.7. The Bertz CT molecular complexity index is 1300. The van der Waals surface area contributed by atoms with Crippen molar-refractivity contribution in [2.24, 2.45) is 5.92 Å². The van der Waals surface area contributed by atoms with Crippen molar-refractivity contribution in [3.63, 3.8) is 0 Å². The number of halogens is 3. The number of pyridine rings is 2. The summed E-state index contributed by atoms with van der Waals surface area (Å²) in [4.78, 5) is 24.4. The lowest BCUT2D eigenvalue weighted by Gasteiger charge is -2.31. The number of hydrogen-bond donors (Lipinski definition) is 0. The number of piperidine rings is 1. The van der Waals surface area contributed by atoms with Crippen molar-refractivity contribution in [3.8, 4) is 16.5 Å². The van der Waals surface area contributed by atoms with Crippen molar-refractivity contribution in [2.75, 3.05) is 24.6 Å². The molecule has 188 valence electrons. The standard InChI is InChI=1S/C25H25F3N6OS/c1-2-16-13-30-23(31-14-16)34-10-7-17(8-11-34)9-12-35-24-33-20-5-4-19(32-22(20)36-24)18-3-6-21(29-15-18)25(26,27)28/h3-6,13-15,17H,2,7-12H2,1H3. The molecule has 0 bridgehead atoms. The topological polar surface area (TPSA) is 76.9 Å². The maximum absolute atomic E-state index is 12.8. The normalized spacial score (nSPS) is 14.9. The van der Waals surface area contributed by atoms with Crippen molar-refractivity contribution < 1.29 is 17.9 Å². The van der Waals surface area contributed by atoms with Gasteiger partial charge in [0.2, 0.25) is 5.95 Å². The molecule has 4 aromatic heterocycles. The van der Waals surface area contributed by atoms with Crippen LogP contribution in [-0.2, 0) is 12.6 Å². The molecular weight excluding hydrogens is 489 g/mol. The predicted octanol–water partition coefficient (Wildman–Crippen LogP) is 5.81. The fourth-order valence-electron chi connectivity index (χ4n) is 4.16. The molecular formula is C25H25F3N6OS. The van der Waals surface area contributed by atoms with Crippen LogP contribution < -0.4 is 9.64 Å². The summed E-state index contributed by atoms with van der Waals surface area (Å²) in [6.07, 6.45) is 4.53. The maximum Gasteiger partial charge on any atom is 0.433 e. The van der Waals surface area contributed by atoms with Gasteiger partial charge in [0.15, 0.2) is 0 Å². The van der Waals surface area contributed by atoms with Crippen molar-refractivity contribution in [1.29, 1.82) is 0 Å². The van der Waals surface area contributed by atoms with Gasteiger partial charge in [0.1, 0.15) is 16.0 Å². The van der Waals surface area contributed by atoms with Crippen LogP contribution in [-0.4, -0.2) is 44.6 Å². The molecule has 0 spiro atoms. The van der Waals surface area contributed by atoms with Gasteiger partial charge in [-0.15, -0.1) is 0 Å². The lowest BCUT2D eigenvalue weighted by atomic mass is 9.94. The molecule has 0 amide bonds. The van der Waals surface area contributed by atoms with Crippen molar-refractivity contribution in [3.05, 3.63) is 54.1 Å². The number of hydrogen-bond acceptors (Lipinski definition) is 8. The fraction of sp³-hybridized carbons (Fsp3) is 0.400. The van der Waals surface area contributed by atoms with Crippen LogP contribution in [0.25, 0.3) is 21.6 Å². The van der Waals surface area contributed by atoms with Crippen molar-refractivity contribution in [1.82, 2.24) is 24.9 Å². The Morgan fingerprint density at radius 3 is 2.44 bits per heavy atom. The maximum atomic E-state index is 12.8. The summed E-state index contributed by atoms with van der Waals surface area (Å²) < 4.78 is 44.2. The second-order valence-electron chi connectivity index (χ2n) is 8.74. The zero-order valence-corrected chi connectivity index (χ0v) is 20.5. The molecule has 1 aliphatic heterocycles. The Morgan fingerprint density at radius 1 is 1.00 bits per heavy atom. The highest BCUT2D eigenvalue weighted by Gasteiger charge is 2.32. The second kappa shape index (κ2) is 10.3. The van der Waals surface area contributed by atoms with Crippen LogP contribution in [0.2, 0.25) is 0 Å². The monoisotopic (exact) mass is 514 g/mol. The number of aromatic nitrogens is 5. The van der Waals surface area contributed by atoms with Gasteiger partial charge in [-0.3, -0.25) is 4.98 Å². The van der Waals surface area contributed by atoms with Gasteiger partial charge in [-0.2, -0.15) is 13.2 Å². The first kappa shape index (κ1) is 24.4. The molecule has 5 heterocycles. The van der Waals surface area contributed by atoms with E-state index in [1.165, 1.54) is 23.6 Å².